The lowest BCUT2D eigenvalue weighted by molar-refractivity contribution is 0.494. The molecular formula is C11H9Br3N2O3S. The molecule has 1 heterocycles. The molecule has 0 aliphatic heterocycles. The smallest absolute Gasteiger partial charge is 0.238 e. The zero-order valence-corrected chi connectivity index (χ0v) is 15.4. The monoisotopic (exact) mass is 486 g/mol. The lowest BCUT2D eigenvalue weighted by Crippen LogP contribution is -2.12. The van der Waals surface area contributed by atoms with Gasteiger partial charge in [0.2, 0.25) is 10.0 Å². The van der Waals surface area contributed by atoms with Crippen LogP contribution in [-0.4, -0.2) is 8.42 Å². The molecule has 2 aromatic rings. The highest BCUT2D eigenvalue weighted by Crippen LogP contribution is 2.29. The molecule has 5 nitrogen and oxygen atoms in total. The average molecular weight is 489 g/mol. The molecule has 0 bridgehead atoms. The Bertz CT molecular complexity index is 724. The minimum Gasteiger partial charge on any atom is -0.451 e. The molecule has 0 unspecified atom stereocenters. The summed E-state index contributed by atoms with van der Waals surface area (Å²) in [6, 6.07) is 6.36. The average Bonchev–Trinajstić information content (AvgIpc) is 2.66. The maximum Gasteiger partial charge on any atom is 0.238 e. The van der Waals surface area contributed by atoms with E-state index in [-0.39, 0.29) is 4.90 Å². The minimum absolute atomic E-state index is 0.0541. The van der Waals surface area contributed by atoms with Gasteiger partial charge in [-0.15, -0.1) is 0 Å². The number of sulfonamides is 1. The Morgan fingerprint density at radius 3 is 2.35 bits per heavy atom. The van der Waals surface area contributed by atoms with Crippen molar-refractivity contribution >= 4 is 63.5 Å². The van der Waals surface area contributed by atoms with Gasteiger partial charge in [-0.2, -0.15) is 0 Å². The maximum atomic E-state index is 11.2. The second-order valence-electron chi connectivity index (χ2n) is 3.87. The van der Waals surface area contributed by atoms with Crippen molar-refractivity contribution < 1.29 is 12.8 Å². The van der Waals surface area contributed by atoms with E-state index in [0.717, 1.165) is 15.9 Å². The van der Waals surface area contributed by atoms with Gasteiger partial charge in [0.25, 0.3) is 0 Å². The largest absolute Gasteiger partial charge is 0.451 e. The van der Waals surface area contributed by atoms with E-state index in [1.54, 1.807) is 6.07 Å². The molecule has 1 aromatic heterocycles. The molecule has 0 spiro atoms. The summed E-state index contributed by atoms with van der Waals surface area (Å²) in [5.74, 6) is 0.728. The second-order valence-corrected chi connectivity index (χ2v) is 7.86. The molecule has 3 N–H and O–H groups in total. The number of hydrogen-bond acceptors (Lipinski definition) is 4. The van der Waals surface area contributed by atoms with E-state index >= 15 is 0 Å². The van der Waals surface area contributed by atoms with Gasteiger partial charge in [0.15, 0.2) is 4.67 Å². The highest BCUT2D eigenvalue weighted by atomic mass is 79.9. The van der Waals surface area contributed by atoms with E-state index in [1.165, 1.54) is 12.1 Å². The van der Waals surface area contributed by atoms with Crippen molar-refractivity contribution in [2.75, 3.05) is 5.32 Å². The van der Waals surface area contributed by atoms with Gasteiger partial charge in [0.1, 0.15) is 5.76 Å². The van der Waals surface area contributed by atoms with Crippen LogP contribution < -0.4 is 10.5 Å². The van der Waals surface area contributed by atoms with Crippen LogP contribution in [0.1, 0.15) is 5.76 Å². The van der Waals surface area contributed by atoms with Crippen LogP contribution in [0.3, 0.4) is 0 Å². The number of furan rings is 1. The number of anilines is 1. The Balaban J connectivity index is 2.14. The lowest BCUT2D eigenvalue weighted by Gasteiger charge is -2.08. The molecule has 108 valence electrons. The molecule has 0 saturated heterocycles. The van der Waals surface area contributed by atoms with Gasteiger partial charge in [-0.1, -0.05) is 0 Å². The van der Waals surface area contributed by atoms with Crippen molar-refractivity contribution in [3.05, 3.63) is 43.6 Å². The molecule has 0 aliphatic rings. The predicted molar refractivity (Wildman–Crippen MR) is 86.9 cm³/mol. The fraction of sp³-hybridized carbons (Fsp3) is 0.0909. The van der Waals surface area contributed by atoms with Crippen molar-refractivity contribution in [2.45, 2.75) is 11.4 Å². The predicted octanol–water partition coefficient (Wildman–Crippen LogP) is 3.83. The molecular weight excluding hydrogens is 480 g/mol. The molecule has 9 heteroatoms. The SMILES string of the molecule is NS(=O)(=O)c1ccc(NCc2cc(Br)c(Br)o2)c(Br)c1. The summed E-state index contributed by atoms with van der Waals surface area (Å²) < 4.78 is 29.9. The summed E-state index contributed by atoms with van der Waals surface area (Å²) >= 11 is 9.89. The Morgan fingerprint density at radius 1 is 1.15 bits per heavy atom. The highest BCUT2D eigenvalue weighted by Gasteiger charge is 2.11. The van der Waals surface area contributed by atoms with E-state index in [4.69, 9.17) is 9.56 Å². The first-order valence-electron chi connectivity index (χ1n) is 5.27. The molecule has 0 aliphatic carbocycles. The van der Waals surface area contributed by atoms with Crippen LogP contribution in [-0.2, 0) is 16.6 Å². The van der Waals surface area contributed by atoms with Crippen molar-refractivity contribution in [3.63, 3.8) is 0 Å². The van der Waals surface area contributed by atoms with Crippen molar-refractivity contribution in [2.24, 2.45) is 5.14 Å². The lowest BCUT2D eigenvalue weighted by atomic mass is 10.3. The number of nitrogens with one attached hydrogen (secondary N) is 1. The fourth-order valence-electron chi connectivity index (χ4n) is 1.48. The third-order valence-electron chi connectivity index (χ3n) is 2.42. The van der Waals surface area contributed by atoms with Gasteiger partial charge in [0, 0.05) is 10.2 Å². The van der Waals surface area contributed by atoms with E-state index in [0.29, 0.717) is 15.7 Å². The zero-order chi connectivity index (χ0) is 14.9. The topological polar surface area (TPSA) is 85.3 Å². The summed E-state index contributed by atoms with van der Waals surface area (Å²) in [7, 11) is -3.70. The van der Waals surface area contributed by atoms with Crippen molar-refractivity contribution in [1.29, 1.82) is 0 Å². The molecule has 0 fully saturated rings. The second kappa shape index (κ2) is 6.18. The van der Waals surface area contributed by atoms with Crippen LogP contribution in [0, 0.1) is 0 Å². The van der Waals surface area contributed by atoms with Crippen molar-refractivity contribution in [3.8, 4) is 0 Å². The summed E-state index contributed by atoms with van der Waals surface area (Å²) in [5.41, 5.74) is 0.737. The minimum atomic E-state index is -3.70. The van der Waals surface area contributed by atoms with Crippen LogP contribution in [0.25, 0.3) is 0 Å². The number of rotatable bonds is 4. The molecule has 2 rings (SSSR count). The van der Waals surface area contributed by atoms with Gasteiger partial charge in [-0.05, 0) is 72.1 Å². The van der Waals surface area contributed by atoms with Gasteiger partial charge >= 0.3 is 0 Å². The third kappa shape index (κ3) is 3.85. The Morgan fingerprint density at radius 2 is 1.85 bits per heavy atom. The van der Waals surface area contributed by atoms with Crippen LogP contribution in [0.15, 0.2) is 47.2 Å². The first kappa shape index (κ1) is 16.0. The number of nitrogens with two attached hydrogens (primary N) is 1. The molecule has 0 atom stereocenters. The van der Waals surface area contributed by atoms with Crippen LogP contribution in [0.4, 0.5) is 5.69 Å². The van der Waals surface area contributed by atoms with Gasteiger partial charge in [-0.25, -0.2) is 13.6 Å². The highest BCUT2D eigenvalue weighted by molar-refractivity contribution is 9.13. The first-order valence-corrected chi connectivity index (χ1v) is 9.20. The van der Waals surface area contributed by atoms with Crippen molar-refractivity contribution in [1.82, 2.24) is 0 Å². The number of primary sulfonamides is 1. The van der Waals surface area contributed by atoms with Crippen LogP contribution >= 0.6 is 47.8 Å². The Kier molecular flexibility index (Phi) is 4.96. The molecule has 0 saturated carbocycles. The normalized spacial score (nSPS) is 11.6. The Labute approximate surface area is 141 Å². The van der Waals surface area contributed by atoms with E-state index in [1.807, 2.05) is 6.07 Å². The van der Waals surface area contributed by atoms with Crippen LogP contribution in [0.2, 0.25) is 0 Å². The van der Waals surface area contributed by atoms with E-state index in [2.05, 4.69) is 53.1 Å². The standard InChI is InChI=1S/C11H9Br3N2O3S/c12-8-4-7(20(15,17)18)1-2-10(8)16-5-6-3-9(13)11(14)19-6/h1-4,16H,5H2,(H2,15,17,18). The summed E-state index contributed by atoms with van der Waals surface area (Å²) in [6.07, 6.45) is 0. The van der Waals surface area contributed by atoms with Gasteiger partial charge in [-0.3, -0.25) is 0 Å². The van der Waals surface area contributed by atoms with Crippen LogP contribution in [0.5, 0.6) is 0 Å². The Hall–Kier alpha value is -0.350. The quantitative estimate of drug-likeness (QED) is 0.685. The summed E-state index contributed by atoms with van der Waals surface area (Å²) in [5, 5.41) is 8.20. The van der Waals surface area contributed by atoms with Gasteiger partial charge < -0.3 is 9.73 Å². The van der Waals surface area contributed by atoms with E-state index in [9.17, 15) is 8.42 Å². The molecule has 1 aromatic carbocycles. The number of halogens is 3. The third-order valence-corrected chi connectivity index (χ3v) is 5.70. The summed E-state index contributed by atoms with van der Waals surface area (Å²) in [4.78, 5) is 0.0541. The maximum absolute atomic E-state index is 11.2. The van der Waals surface area contributed by atoms with E-state index < -0.39 is 10.0 Å². The fourth-order valence-corrected chi connectivity index (χ4v) is 3.35. The zero-order valence-electron chi connectivity index (χ0n) is 9.86. The molecule has 0 radical (unpaired) electrons. The first-order chi connectivity index (χ1) is 9.27. The summed E-state index contributed by atoms with van der Waals surface area (Å²) in [6.45, 7) is 0.456. The molecule has 20 heavy (non-hydrogen) atoms. The number of benzene rings is 1. The van der Waals surface area contributed by atoms with Gasteiger partial charge in [0.05, 0.1) is 15.9 Å². The number of hydrogen-bond donors (Lipinski definition) is 2. The molecule has 0 amide bonds.